The molecule has 1 aliphatic rings. The van der Waals surface area contributed by atoms with Gasteiger partial charge in [0.15, 0.2) is 0 Å². The van der Waals surface area contributed by atoms with Crippen molar-refractivity contribution in [2.24, 2.45) is 0 Å². The monoisotopic (exact) mass is 613 g/mol. The van der Waals surface area contributed by atoms with E-state index < -0.39 is 6.28 Å². The first-order chi connectivity index (χ1) is 23.8. The van der Waals surface area contributed by atoms with Crippen LogP contribution >= 0.6 is 0 Å². The molecule has 3 nitrogen and oxygen atoms in total. The SMILES string of the molecule is C1=C(c2ccccc2)[B-](c2ccccc2)(c2ccccc2)[n+]2cc(-c3cccc(-c4ccc5cc(-c6ccccc6)[cH-][n+]5c4)n3)ccc21. The third-order valence-corrected chi connectivity index (χ3v) is 9.89. The van der Waals surface area contributed by atoms with Gasteiger partial charge < -0.3 is 4.48 Å². The summed E-state index contributed by atoms with van der Waals surface area (Å²) in [7, 11) is 0. The zero-order valence-electron chi connectivity index (χ0n) is 26.4. The van der Waals surface area contributed by atoms with E-state index in [4.69, 9.17) is 4.98 Å². The fourth-order valence-electron chi connectivity index (χ4n) is 7.66. The summed E-state index contributed by atoms with van der Waals surface area (Å²) in [5, 5.41) is 0. The largest absolute Gasteiger partial charge is 0.408 e. The predicted octanol–water partition coefficient (Wildman–Crippen LogP) is 7.53. The van der Waals surface area contributed by atoms with Gasteiger partial charge in [0.1, 0.15) is 29.8 Å². The zero-order chi connectivity index (χ0) is 31.9. The van der Waals surface area contributed by atoms with E-state index in [0.717, 1.165) is 28.0 Å². The first kappa shape index (κ1) is 28.0. The zero-order valence-corrected chi connectivity index (χ0v) is 26.4. The quantitative estimate of drug-likeness (QED) is 0.108. The molecule has 0 radical (unpaired) electrons. The van der Waals surface area contributed by atoms with Crippen LogP contribution in [0.1, 0.15) is 11.3 Å². The Bertz CT molecular complexity index is 2390. The molecule has 226 valence electrons. The Morgan fingerprint density at radius 2 is 1.04 bits per heavy atom. The van der Waals surface area contributed by atoms with Crippen molar-refractivity contribution in [2.45, 2.75) is 0 Å². The van der Waals surface area contributed by atoms with E-state index >= 15 is 0 Å². The Hall–Kier alpha value is -6.26. The van der Waals surface area contributed by atoms with Gasteiger partial charge in [0.2, 0.25) is 0 Å². The van der Waals surface area contributed by atoms with E-state index in [1.165, 1.54) is 38.8 Å². The highest BCUT2D eigenvalue weighted by atomic mass is 14.9. The molecule has 0 N–H and O–H groups in total. The van der Waals surface area contributed by atoms with Crippen LogP contribution in [-0.4, -0.2) is 11.3 Å². The Kier molecular flexibility index (Phi) is 6.72. The summed E-state index contributed by atoms with van der Waals surface area (Å²) in [6.07, 6.45) is 7.53. The molecular formula is C44H32BN3. The van der Waals surface area contributed by atoms with Crippen molar-refractivity contribution in [3.05, 3.63) is 200 Å². The van der Waals surface area contributed by atoms with Crippen LogP contribution in [-0.2, 0) is 0 Å². The maximum absolute atomic E-state index is 5.24. The normalized spacial score (nSPS) is 13.3. The van der Waals surface area contributed by atoms with Crippen molar-refractivity contribution in [3.63, 3.8) is 0 Å². The van der Waals surface area contributed by atoms with Gasteiger partial charge in [-0.15, -0.1) is 16.4 Å². The molecule has 8 aromatic rings. The van der Waals surface area contributed by atoms with Gasteiger partial charge in [-0.1, -0.05) is 156 Å². The van der Waals surface area contributed by atoms with Crippen molar-refractivity contribution in [3.8, 4) is 33.6 Å². The van der Waals surface area contributed by atoms with Crippen LogP contribution in [0, 0.1) is 0 Å². The average Bonchev–Trinajstić information content (AvgIpc) is 3.76. The number of pyridine rings is 3. The van der Waals surface area contributed by atoms with E-state index in [1.54, 1.807) is 0 Å². The highest BCUT2D eigenvalue weighted by Crippen LogP contribution is 2.33. The molecule has 0 unspecified atom stereocenters. The molecule has 4 aromatic heterocycles. The van der Waals surface area contributed by atoms with Crippen LogP contribution in [0.3, 0.4) is 0 Å². The molecule has 0 spiro atoms. The number of benzene rings is 4. The Labute approximate surface area is 280 Å². The summed E-state index contributed by atoms with van der Waals surface area (Å²) in [5.41, 5.74) is 13.9. The number of aromatic nitrogens is 3. The van der Waals surface area contributed by atoms with Crippen molar-refractivity contribution in [1.29, 1.82) is 0 Å². The van der Waals surface area contributed by atoms with E-state index in [9.17, 15) is 0 Å². The summed E-state index contributed by atoms with van der Waals surface area (Å²) in [5.74, 6) is 0. The van der Waals surface area contributed by atoms with Crippen LogP contribution in [0.15, 0.2) is 188 Å². The molecule has 0 fully saturated rings. The fraction of sp³-hybridized carbons (Fsp3) is 0. The molecule has 0 saturated carbocycles. The fourth-order valence-corrected chi connectivity index (χ4v) is 7.66. The van der Waals surface area contributed by atoms with E-state index in [2.05, 4.69) is 203 Å². The van der Waals surface area contributed by atoms with Crippen LogP contribution in [0.5, 0.6) is 0 Å². The molecule has 5 heterocycles. The van der Waals surface area contributed by atoms with E-state index in [0.29, 0.717) is 0 Å². The smallest absolute Gasteiger partial charge is 0.361 e. The number of nitrogens with zero attached hydrogens (tertiary/aromatic N) is 3. The number of hydrogen-bond donors (Lipinski definition) is 0. The highest BCUT2D eigenvalue weighted by molar-refractivity contribution is 7.10. The van der Waals surface area contributed by atoms with Crippen LogP contribution in [0.4, 0.5) is 0 Å². The summed E-state index contributed by atoms with van der Waals surface area (Å²) in [6, 6.07) is 60.6. The second-order valence-corrected chi connectivity index (χ2v) is 12.6. The van der Waals surface area contributed by atoms with Gasteiger partial charge in [-0.05, 0) is 30.3 Å². The minimum Gasteiger partial charge on any atom is -0.408 e. The second-order valence-electron chi connectivity index (χ2n) is 12.6. The summed E-state index contributed by atoms with van der Waals surface area (Å²) in [6.45, 7) is 0. The summed E-state index contributed by atoms with van der Waals surface area (Å²) >= 11 is 0. The lowest BCUT2D eigenvalue weighted by molar-refractivity contribution is -0.538. The van der Waals surface area contributed by atoms with Gasteiger partial charge in [-0.25, -0.2) is 4.98 Å². The Balaban J connectivity index is 1.18. The van der Waals surface area contributed by atoms with Gasteiger partial charge >= 0.3 is 6.28 Å². The maximum atomic E-state index is 5.24. The van der Waals surface area contributed by atoms with E-state index in [-0.39, 0.29) is 0 Å². The number of fused-ring (bicyclic) bond motifs is 2. The standard InChI is InChI=1S/C44H32BN3/c1-5-14-33(15-6-1)37-28-40-26-24-35(30-47(40)31-37)43-22-13-23-44(46-43)36-25-27-41-29-42(34-16-7-2-8-17-34)45(48(41)32-36,38-18-9-3-10-19-38)39-20-11-4-12-21-39/h1-32H. The molecular weight excluding hydrogens is 581 g/mol. The molecule has 4 heteroatoms. The highest BCUT2D eigenvalue weighted by Gasteiger charge is 2.48. The molecule has 9 rings (SSSR count). The topological polar surface area (TPSA) is 20.9 Å². The molecule has 0 bridgehead atoms. The van der Waals surface area contributed by atoms with Crippen molar-refractivity contribution < 1.29 is 8.88 Å². The molecule has 1 aliphatic heterocycles. The van der Waals surface area contributed by atoms with Crippen molar-refractivity contribution in [1.82, 2.24) is 4.98 Å². The van der Waals surface area contributed by atoms with Crippen LogP contribution in [0.2, 0.25) is 0 Å². The van der Waals surface area contributed by atoms with Crippen molar-refractivity contribution in [2.75, 3.05) is 0 Å². The van der Waals surface area contributed by atoms with Crippen LogP contribution in [0.25, 0.3) is 50.7 Å². The lowest BCUT2D eigenvalue weighted by Gasteiger charge is -2.36. The predicted molar refractivity (Wildman–Crippen MR) is 197 cm³/mol. The lowest BCUT2D eigenvalue weighted by atomic mass is 9.23. The van der Waals surface area contributed by atoms with Gasteiger partial charge in [0.25, 0.3) is 0 Å². The van der Waals surface area contributed by atoms with Gasteiger partial charge in [-0.3, -0.25) is 4.40 Å². The summed E-state index contributed by atoms with van der Waals surface area (Å²) < 4.78 is 4.71. The van der Waals surface area contributed by atoms with Crippen molar-refractivity contribution >= 4 is 34.3 Å². The summed E-state index contributed by atoms with van der Waals surface area (Å²) in [4.78, 5) is 5.24. The third-order valence-electron chi connectivity index (χ3n) is 9.89. The van der Waals surface area contributed by atoms with E-state index in [1.807, 2.05) is 0 Å². The molecule has 48 heavy (non-hydrogen) atoms. The number of hydrogen-bond acceptors (Lipinski definition) is 1. The minimum atomic E-state index is -1.54. The van der Waals surface area contributed by atoms with Gasteiger partial charge in [0, 0.05) is 11.6 Å². The Morgan fingerprint density at radius 3 is 1.69 bits per heavy atom. The number of rotatable bonds is 6. The van der Waals surface area contributed by atoms with Gasteiger partial charge in [-0.2, -0.15) is 0 Å². The maximum Gasteiger partial charge on any atom is 0.361 e. The first-order valence-electron chi connectivity index (χ1n) is 16.5. The molecule has 0 aliphatic carbocycles. The molecule has 4 aromatic carbocycles. The molecule has 0 amide bonds. The minimum absolute atomic E-state index is 0.944. The molecule has 0 atom stereocenters. The van der Waals surface area contributed by atoms with Crippen LogP contribution < -0.4 is 19.8 Å². The average molecular weight is 614 g/mol. The lowest BCUT2D eigenvalue weighted by Crippen LogP contribution is -2.78. The van der Waals surface area contributed by atoms with Gasteiger partial charge in [0.05, 0.1) is 17.0 Å². The molecule has 0 saturated heterocycles. The Morgan fingerprint density at radius 1 is 0.479 bits per heavy atom. The third kappa shape index (κ3) is 4.61. The first-order valence-corrected chi connectivity index (χ1v) is 16.5. The second kappa shape index (κ2) is 11.5.